The van der Waals surface area contributed by atoms with Crippen molar-refractivity contribution in [2.45, 2.75) is 19.4 Å². The first-order valence-electron chi connectivity index (χ1n) is 5.10. The van der Waals surface area contributed by atoms with E-state index in [9.17, 15) is 0 Å². The van der Waals surface area contributed by atoms with Crippen molar-refractivity contribution in [1.82, 2.24) is 14.9 Å². The maximum atomic E-state index is 8.70. The molecule has 0 saturated heterocycles. The Morgan fingerprint density at radius 1 is 1.50 bits per heavy atom. The predicted octanol–water partition coefficient (Wildman–Crippen LogP) is 1.10. The lowest BCUT2D eigenvalue weighted by Crippen LogP contribution is -2.44. The fourth-order valence-corrected chi connectivity index (χ4v) is 0.960. The molecule has 86 valence electrons. The lowest BCUT2D eigenvalue weighted by molar-refractivity contribution is 0.209. The summed E-state index contributed by atoms with van der Waals surface area (Å²) in [7, 11) is 4.04. The molecular weight excluding hydrogens is 202 g/mol. The number of nitrogens with zero attached hydrogens (tertiary/aromatic N) is 4. The molecule has 1 N–H and O–H groups in total. The summed E-state index contributed by atoms with van der Waals surface area (Å²) < 4.78 is 0. The maximum Gasteiger partial charge on any atom is 0.223 e. The molecule has 0 atom stereocenters. The smallest absolute Gasteiger partial charge is 0.223 e. The van der Waals surface area contributed by atoms with Gasteiger partial charge in [0.1, 0.15) is 11.8 Å². The number of likely N-dealkylation sites (N-methyl/N-ethyl adjacent to an activating group) is 1. The van der Waals surface area contributed by atoms with Gasteiger partial charge in [-0.1, -0.05) is 0 Å². The Morgan fingerprint density at radius 2 is 2.19 bits per heavy atom. The van der Waals surface area contributed by atoms with Crippen molar-refractivity contribution in [1.29, 1.82) is 5.26 Å². The summed E-state index contributed by atoms with van der Waals surface area (Å²) >= 11 is 0. The van der Waals surface area contributed by atoms with Crippen molar-refractivity contribution in [3.8, 4) is 6.07 Å². The van der Waals surface area contributed by atoms with Crippen LogP contribution in [0.2, 0.25) is 0 Å². The van der Waals surface area contributed by atoms with E-state index in [1.54, 1.807) is 12.3 Å². The third kappa shape index (κ3) is 3.17. The van der Waals surface area contributed by atoms with Crippen molar-refractivity contribution in [3.05, 3.63) is 18.0 Å². The van der Waals surface area contributed by atoms with Gasteiger partial charge in [-0.05, 0) is 34.0 Å². The Morgan fingerprint density at radius 3 is 2.75 bits per heavy atom. The Hall–Kier alpha value is -1.67. The van der Waals surface area contributed by atoms with Crippen molar-refractivity contribution < 1.29 is 0 Å². The Balaban J connectivity index is 2.65. The Bertz CT molecular complexity index is 392. The molecule has 5 nitrogen and oxygen atoms in total. The highest BCUT2D eigenvalue weighted by molar-refractivity contribution is 5.30. The molecule has 1 heterocycles. The normalized spacial score (nSPS) is 11.2. The molecule has 0 aromatic carbocycles. The van der Waals surface area contributed by atoms with E-state index in [1.165, 1.54) is 0 Å². The number of anilines is 1. The number of nitrogens with one attached hydrogen (secondary N) is 1. The minimum Gasteiger partial charge on any atom is -0.352 e. The van der Waals surface area contributed by atoms with Gasteiger partial charge >= 0.3 is 0 Å². The predicted molar refractivity (Wildman–Crippen MR) is 63.0 cm³/mol. The molecule has 1 aromatic rings. The third-order valence-corrected chi connectivity index (χ3v) is 2.66. The molecule has 0 aliphatic carbocycles. The van der Waals surface area contributed by atoms with E-state index < -0.39 is 0 Å². The summed E-state index contributed by atoms with van der Waals surface area (Å²) in [5, 5.41) is 11.8. The Kier molecular flexibility index (Phi) is 3.80. The average molecular weight is 219 g/mol. The number of hydrogen-bond donors (Lipinski definition) is 1. The molecule has 0 radical (unpaired) electrons. The minimum absolute atomic E-state index is 0.00596. The topological polar surface area (TPSA) is 64.8 Å². The van der Waals surface area contributed by atoms with Crippen molar-refractivity contribution in [2.24, 2.45) is 0 Å². The van der Waals surface area contributed by atoms with Crippen LogP contribution in [0.25, 0.3) is 0 Å². The molecular formula is C11H17N5. The van der Waals surface area contributed by atoms with Gasteiger partial charge in [-0.25, -0.2) is 9.97 Å². The quantitative estimate of drug-likeness (QED) is 0.821. The number of rotatable bonds is 4. The second-order valence-electron chi connectivity index (χ2n) is 4.44. The highest BCUT2D eigenvalue weighted by Crippen LogP contribution is 2.10. The second kappa shape index (κ2) is 4.90. The molecule has 5 heteroatoms. The average Bonchev–Trinajstić information content (AvgIpc) is 2.26. The van der Waals surface area contributed by atoms with Crippen LogP contribution in [0.1, 0.15) is 19.5 Å². The van der Waals surface area contributed by atoms with Gasteiger partial charge in [0.2, 0.25) is 5.95 Å². The standard InChI is InChI=1S/C11H17N5/c1-11(2,16(3)4)8-14-10-13-6-5-9(7-12)15-10/h5-6H,8H2,1-4H3,(H,13,14,15). The monoisotopic (exact) mass is 219 g/mol. The first-order chi connectivity index (χ1) is 7.45. The lowest BCUT2D eigenvalue weighted by Gasteiger charge is -2.32. The molecule has 16 heavy (non-hydrogen) atoms. The van der Waals surface area contributed by atoms with Gasteiger partial charge in [-0.3, -0.25) is 0 Å². The van der Waals surface area contributed by atoms with Crippen LogP contribution in [0.15, 0.2) is 12.3 Å². The molecule has 0 aliphatic rings. The van der Waals surface area contributed by atoms with Crippen LogP contribution in [0.5, 0.6) is 0 Å². The van der Waals surface area contributed by atoms with Gasteiger partial charge < -0.3 is 10.2 Å². The Labute approximate surface area is 96.1 Å². The minimum atomic E-state index is 0.00596. The van der Waals surface area contributed by atoms with Gasteiger partial charge in [-0.2, -0.15) is 5.26 Å². The molecule has 0 bridgehead atoms. The van der Waals surface area contributed by atoms with Gasteiger partial charge in [0.05, 0.1) is 0 Å². The number of aromatic nitrogens is 2. The molecule has 0 aliphatic heterocycles. The van der Waals surface area contributed by atoms with Crippen LogP contribution in [-0.4, -0.2) is 41.0 Å². The van der Waals surface area contributed by atoms with Crippen LogP contribution in [0.3, 0.4) is 0 Å². The number of hydrogen-bond acceptors (Lipinski definition) is 5. The molecule has 0 fully saturated rings. The zero-order valence-electron chi connectivity index (χ0n) is 10.2. The van der Waals surface area contributed by atoms with E-state index in [0.29, 0.717) is 11.6 Å². The van der Waals surface area contributed by atoms with Crippen LogP contribution in [-0.2, 0) is 0 Å². The zero-order valence-corrected chi connectivity index (χ0v) is 10.2. The summed E-state index contributed by atoms with van der Waals surface area (Å²) in [6.45, 7) is 4.96. The summed E-state index contributed by atoms with van der Waals surface area (Å²) in [4.78, 5) is 10.2. The second-order valence-corrected chi connectivity index (χ2v) is 4.44. The van der Waals surface area contributed by atoms with E-state index in [-0.39, 0.29) is 5.54 Å². The van der Waals surface area contributed by atoms with Gasteiger partial charge in [0.25, 0.3) is 0 Å². The van der Waals surface area contributed by atoms with Crippen LogP contribution in [0, 0.1) is 11.3 Å². The SMILES string of the molecule is CN(C)C(C)(C)CNc1nccc(C#N)n1. The molecule has 0 unspecified atom stereocenters. The molecule has 0 spiro atoms. The van der Waals surface area contributed by atoms with Gasteiger partial charge in [-0.15, -0.1) is 0 Å². The van der Waals surface area contributed by atoms with E-state index in [2.05, 4.69) is 34.0 Å². The van der Waals surface area contributed by atoms with Crippen LogP contribution in [0.4, 0.5) is 5.95 Å². The summed E-state index contributed by atoms with van der Waals surface area (Å²) in [6, 6.07) is 3.57. The highest BCUT2D eigenvalue weighted by atomic mass is 15.2. The van der Waals surface area contributed by atoms with E-state index in [4.69, 9.17) is 5.26 Å². The van der Waals surface area contributed by atoms with E-state index in [0.717, 1.165) is 6.54 Å². The highest BCUT2D eigenvalue weighted by Gasteiger charge is 2.20. The van der Waals surface area contributed by atoms with Crippen molar-refractivity contribution in [3.63, 3.8) is 0 Å². The van der Waals surface area contributed by atoms with Gasteiger partial charge in [0.15, 0.2) is 0 Å². The maximum absolute atomic E-state index is 8.70. The number of nitriles is 1. The fourth-order valence-electron chi connectivity index (χ4n) is 0.960. The first-order valence-corrected chi connectivity index (χ1v) is 5.10. The molecule has 0 saturated carbocycles. The van der Waals surface area contributed by atoms with E-state index in [1.807, 2.05) is 20.2 Å². The first kappa shape index (κ1) is 12.4. The van der Waals surface area contributed by atoms with Crippen LogP contribution < -0.4 is 5.32 Å². The zero-order chi connectivity index (χ0) is 12.2. The summed E-state index contributed by atoms with van der Waals surface area (Å²) in [6.07, 6.45) is 1.58. The van der Waals surface area contributed by atoms with Crippen molar-refractivity contribution >= 4 is 5.95 Å². The largest absolute Gasteiger partial charge is 0.352 e. The molecule has 0 amide bonds. The fraction of sp³-hybridized carbons (Fsp3) is 0.545. The molecule has 1 aromatic heterocycles. The van der Waals surface area contributed by atoms with Crippen LogP contribution >= 0.6 is 0 Å². The molecule has 1 rings (SSSR count). The van der Waals surface area contributed by atoms with Crippen molar-refractivity contribution in [2.75, 3.05) is 26.0 Å². The van der Waals surface area contributed by atoms with Gasteiger partial charge in [0, 0.05) is 18.3 Å². The van der Waals surface area contributed by atoms with E-state index >= 15 is 0 Å². The lowest BCUT2D eigenvalue weighted by atomic mass is 10.1. The summed E-state index contributed by atoms with van der Waals surface area (Å²) in [5.41, 5.74) is 0.381. The summed E-state index contributed by atoms with van der Waals surface area (Å²) in [5.74, 6) is 0.494. The third-order valence-electron chi connectivity index (χ3n) is 2.66.